The zero-order valence-corrected chi connectivity index (χ0v) is 52.2. The first-order chi connectivity index (χ1) is 43.3. The molecule has 0 bridgehead atoms. The molecule has 1 heterocycles. The van der Waals surface area contributed by atoms with Gasteiger partial charge in [-0.15, -0.1) is 0 Å². The van der Waals surface area contributed by atoms with Crippen molar-refractivity contribution >= 4 is 106 Å². The second-order valence-corrected chi connectivity index (χ2v) is 23.1. The van der Waals surface area contributed by atoms with Crippen LogP contribution in [-0.2, 0) is 95.2 Å². The van der Waals surface area contributed by atoms with Crippen molar-refractivity contribution in [3.63, 3.8) is 0 Å². The Balaban J connectivity index is 1.95. The maximum Gasteiger partial charge on any atom is 0.446 e. The van der Waals surface area contributed by atoms with Crippen LogP contribution in [0.2, 0.25) is 0 Å². The zero-order valence-electron chi connectivity index (χ0n) is 50.5. The van der Waals surface area contributed by atoms with Crippen LogP contribution in [0.3, 0.4) is 0 Å². The molecule has 0 unspecified atom stereocenters. The summed E-state index contributed by atoms with van der Waals surface area (Å²) >= 11 is 3.91. The molecule has 16 N–H and O–H groups in total. The van der Waals surface area contributed by atoms with Crippen LogP contribution in [0.25, 0.3) is 0 Å². The van der Waals surface area contributed by atoms with Crippen LogP contribution < -0.4 is 57.9 Å². The molecule has 9 atom stereocenters. The minimum atomic E-state index is -4.89. The molecule has 2 aromatic rings. The molecule has 0 radical (unpaired) electrons. The molecule has 508 valence electrons. The number of thiol groups is 1. The third-order valence-electron chi connectivity index (χ3n) is 13.8. The zero-order chi connectivity index (χ0) is 68.8. The number of carbonyl (C=O) groups is 14. The van der Waals surface area contributed by atoms with Crippen LogP contribution in [0.5, 0.6) is 5.75 Å². The Morgan fingerprint density at radius 2 is 1.09 bits per heavy atom. The van der Waals surface area contributed by atoms with Gasteiger partial charge in [-0.1, -0.05) is 56.3 Å². The van der Waals surface area contributed by atoms with Gasteiger partial charge in [0.1, 0.15) is 66.7 Å². The van der Waals surface area contributed by atoms with E-state index in [-0.39, 0.29) is 76.1 Å². The molecule has 1 fully saturated rings. The first-order valence-electron chi connectivity index (χ1n) is 28.9. The lowest BCUT2D eigenvalue weighted by molar-refractivity contribution is -0.143. The third kappa shape index (κ3) is 28.4. The van der Waals surface area contributed by atoms with Crippen LogP contribution in [0.1, 0.15) is 103 Å². The number of benzene rings is 2. The largest absolute Gasteiger partial charge is 0.481 e. The molecule has 10 amide bonds. The number of rotatable bonds is 41. The molecule has 2 aromatic carbocycles. The number of aliphatic carboxylic acids is 4. The minimum Gasteiger partial charge on any atom is -0.481 e. The van der Waals surface area contributed by atoms with Gasteiger partial charge in [0.2, 0.25) is 59.1 Å². The molecule has 1 saturated heterocycles. The molecule has 34 nitrogen and oxygen atoms in total. The first-order valence-corrected chi connectivity index (χ1v) is 30.9. The maximum absolute atomic E-state index is 14.8. The summed E-state index contributed by atoms with van der Waals surface area (Å²) in [5, 5.41) is 60.2. The van der Waals surface area contributed by atoms with Crippen molar-refractivity contribution in [2.24, 2.45) is 11.8 Å². The minimum absolute atomic E-state index is 0.0146. The number of likely N-dealkylation sites (tertiary alicyclic amines) is 1. The number of carboxylic acids is 4. The number of nitrogens with one attached hydrogen (secondary N) is 9. The Bertz CT molecular complexity index is 3050. The lowest BCUT2D eigenvalue weighted by Gasteiger charge is -2.32. The van der Waals surface area contributed by atoms with Crippen LogP contribution in [-0.4, -0.2) is 201 Å². The van der Waals surface area contributed by atoms with Crippen molar-refractivity contribution < 1.29 is 110 Å². The smallest absolute Gasteiger partial charge is 0.446 e. The quantitative estimate of drug-likeness (QED) is 0.0136. The molecule has 0 saturated carbocycles. The second-order valence-electron chi connectivity index (χ2n) is 21.7. The molecule has 1 aliphatic heterocycles. The van der Waals surface area contributed by atoms with E-state index in [2.05, 4.69) is 69.5 Å². The summed E-state index contributed by atoms with van der Waals surface area (Å²) in [5.41, 5.74) is 0.761. The molecule has 1 aliphatic rings. The molecular weight excluding hydrogens is 1260 g/mol. The number of hydrogen-bond acceptors (Lipinski definition) is 20. The van der Waals surface area contributed by atoms with Gasteiger partial charge in [0.15, 0.2) is 0 Å². The van der Waals surface area contributed by atoms with Gasteiger partial charge in [0, 0.05) is 51.4 Å². The number of carbonyl (C=O) groups excluding carboxylic acids is 10. The number of amides is 10. The number of nitrogens with zero attached hydrogens (tertiary/aromatic N) is 1. The molecule has 92 heavy (non-hydrogen) atoms. The predicted octanol–water partition coefficient (Wildman–Crippen LogP) is -3.02. The van der Waals surface area contributed by atoms with Gasteiger partial charge >= 0.3 is 34.3 Å². The predicted molar refractivity (Wildman–Crippen MR) is 322 cm³/mol. The molecule has 0 aliphatic carbocycles. The van der Waals surface area contributed by atoms with E-state index in [4.69, 9.17) is 10.4 Å². The Labute approximate surface area is 533 Å². The van der Waals surface area contributed by atoms with Crippen molar-refractivity contribution in [2.45, 2.75) is 159 Å². The molecule has 3 rings (SSSR count). The highest BCUT2D eigenvalue weighted by Crippen LogP contribution is 2.22. The fraction of sp³-hybridized carbons (Fsp3) is 0.536. The Kier molecular flexibility index (Phi) is 32.4. The Morgan fingerprint density at radius 3 is 1.59 bits per heavy atom. The molecule has 0 spiro atoms. The maximum atomic E-state index is 14.8. The number of nitrogens with two attached hydrogens (primary N) is 1. The topological polar surface area (TPSA) is 530 Å². The third-order valence-corrected chi connectivity index (χ3v) is 14.6. The van der Waals surface area contributed by atoms with E-state index in [1.807, 2.05) is 0 Å². The van der Waals surface area contributed by atoms with E-state index in [9.17, 15) is 96.0 Å². The normalized spacial score (nSPS) is 15.4. The van der Waals surface area contributed by atoms with Crippen molar-refractivity contribution in [3.8, 4) is 5.75 Å². The van der Waals surface area contributed by atoms with Crippen LogP contribution in [0.4, 0.5) is 0 Å². The van der Waals surface area contributed by atoms with Crippen LogP contribution >= 0.6 is 12.6 Å². The summed E-state index contributed by atoms with van der Waals surface area (Å²) in [6, 6.07) is -1.44. The van der Waals surface area contributed by atoms with E-state index < -0.39 is 192 Å². The van der Waals surface area contributed by atoms with E-state index in [0.29, 0.717) is 11.1 Å². The van der Waals surface area contributed by atoms with E-state index in [1.165, 1.54) is 12.1 Å². The summed E-state index contributed by atoms with van der Waals surface area (Å²) in [7, 11) is -4.89. The number of hydrogen-bond donors (Lipinski definition) is 16. The van der Waals surface area contributed by atoms with E-state index >= 15 is 0 Å². The lowest BCUT2D eigenvalue weighted by atomic mass is 9.99. The number of unbranched alkanes of at least 4 members (excludes halogenated alkanes) is 1. The fourth-order valence-corrected chi connectivity index (χ4v) is 9.99. The summed E-state index contributed by atoms with van der Waals surface area (Å²) in [4.78, 5) is 190. The van der Waals surface area contributed by atoms with Gasteiger partial charge in [-0.25, -0.2) is 10.7 Å². The standard InChI is InChI=1S/C56H79N11O23S2/c1-30(2)24-41(65-52(80)39(25-32-10-5-4-6-11-32)63-53(81)40(27-47(74)75)64-51(79)38(59-31(3)68)26-33-14-16-34(17-15-33)90-92(86,87)88)55(83)67-23-9-13-43(67)54(82)62-37(19-21-46(72)73)49(77)60-35(12-7-8-22-58-44(69)28-89-57)48(76)61-36(18-20-45(70)71)50(78)66-42(29-91)56(84)85/h4-6,10-11,14-17,30,35-43,91H,7-9,12-13,18-29,57H2,1-3H3,(H,58,69)(H,59,68)(H,60,77)(H,61,76)(H,62,82)(H,63,81)(H,64,79)(H,65,80)(H,66,78)(H,70,71)(H,72,73)(H,74,75)(H,84,85)(H,86,87,88)/t35-,36-,37-,38-,39-,40-,41-,42-,43-/m0/s1. The lowest BCUT2D eigenvalue weighted by Crippen LogP contribution is -2.60. The average Bonchev–Trinajstić information content (AvgIpc) is 1.59. The Morgan fingerprint density at radius 1 is 0.609 bits per heavy atom. The van der Waals surface area contributed by atoms with E-state index in [0.717, 1.165) is 24.0 Å². The fourth-order valence-electron chi connectivity index (χ4n) is 9.39. The number of carboxylic acid groups (broad SMARTS) is 4. The monoisotopic (exact) mass is 1340 g/mol. The molecule has 36 heteroatoms. The SMILES string of the molecule is CC(=O)N[C@@H](Cc1ccc(OS(=O)(=O)O)cc1)C(=O)N[C@@H](CC(=O)O)C(=O)N[C@@H](Cc1ccccc1)C(=O)N[C@@H](CC(C)C)C(=O)N1CCC[C@H]1C(=O)N[C@@H](CCC(=O)O)C(=O)N[C@@H](CCCCNC(=O)CON)C(=O)N[C@@H](CCC(=O)O)C(=O)N[C@@H](CS)C(=O)O. The Hall–Kier alpha value is -9.00. The highest BCUT2D eigenvalue weighted by Gasteiger charge is 2.41. The van der Waals surface area contributed by atoms with Gasteiger partial charge in [0.05, 0.1) is 6.42 Å². The van der Waals surface area contributed by atoms with Gasteiger partial charge in [-0.05, 0) is 80.5 Å². The highest BCUT2D eigenvalue weighted by atomic mass is 32.3. The average molecular weight is 1340 g/mol. The van der Waals surface area contributed by atoms with Crippen molar-refractivity contribution in [1.82, 2.24) is 52.8 Å². The van der Waals surface area contributed by atoms with Crippen LogP contribution in [0.15, 0.2) is 54.6 Å². The molecular formula is C56H79N11O23S2. The summed E-state index contributed by atoms with van der Waals surface area (Å²) < 4.78 is 35.8. The summed E-state index contributed by atoms with van der Waals surface area (Å²) in [5.74, 6) is -11.7. The van der Waals surface area contributed by atoms with Crippen molar-refractivity contribution in [2.75, 3.05) is 25.4 Å². The van der Waals surface area contributed by atoms with Crippen molar-refractivity contribution in [3.05, 3.63) is 65.7 Å². The van der Waals surface area contributed by atoms with E-state index in [1.54, 1.807) is 44.2 Å². The van der Waals surface area contributed by atoms with Gasteiger partial charge < -0.3 is 77.4 Å². The van der Waals surface area contributed by atoms with Gasteiger partial charge in [0.25, 0.3) is 0 Å². The first kappa shape index (κ1) is 77.2. The van der Waals surface area contributed by atoms with Gasteiger partial charge in [-0.2, -0.15) is 21.0 Å². The van der Waals surface area contributed by atoms with Crippen LogP contribution in [0, 0.1) is 5.92 Å². The summed E-state index contributed by atoms with van der Waals surface area (Å²) in [6.45, 7) is 3.95. The second kappa shape index (κ2) is 38.6. The van der Waals surface area contributed by atoms with Crippen molar-refractivity contribution in [1.29, 1.82) is 0 Å². The molecule has 0 aromatic heterocycles. The summed E-state index contributed by atoms with van der Waals surface area (Å²) in [6.07, 6.45) is -4.14. The van der Waals surface area contributed by atoms with Gasteiger partial charge in [-0.3, -0.25) is 71.7 Å². The highest BCUT2D eigenvalue weighted by molar-refractivity contribution is 7.81.